The summed E-state index contributed by atoms with van der Waals surface area (Å²) in [4.78, 5) is 9.65. The van der Waals surface area contributed by atoms with E-state index >= 15 is 0 Å². The number of fused-ring (bicyclic) bond motifs is 1. The number of aryl methyl sites for hydroxylation is 4. The van der Waals surface area contributed by atoms with Gasteiger partial charge in [0, 0.05) is 5.92 Å². The van der Waals surface area contributed by atoms with Gasteiger partial charge in [0.15, 0.2) is 5.65 Å². The molecular formula is C21H28N4S. The molecule has 0 unspecified atom stereocenters. The fourth-order valence-electron chi connectivity index (χ4n) is 3.90. The Hall–Kier alpha value is -1.88. The fraction of sp³-hybridized carbons (Fsp3) is 0.476. The van der Waals surface area contributed by atoms with Crippen molar-refractivity contribution >= 4 is 22.8 Å². The molecule has 2 aromatic heterocycles. The van der Waals surface area contributed by atoms with Gasteiger partial charge in [-0.2, -0.15) is 5.10 Å². The van der Waals surface area contributed by atoms with Gasteiger partial charge in [0.25, 0.3) is 0 Å². The minimum absolute atomic E-state index is 0.433. The summed E-state index contributed by atoms with van der Waals surface area (Å²) in [5.74, 6) is 1.25. The molecule has 0 radical (unpaired) electrons. The van der Waals surface area contributed by atoms with E-state index in [1.165, 1.54) is 16.7 Å². The van der Waals surface area contributed by atoms with Gasteiger partial charge >= 0.3 is 0 Å². The Morgan fingerprint density at radius 3 is 2.15 bits per heavy atom. The lowest BCUT2D eigenvalue weighted by Crippen LogP contribution is -2.07. The molecule has 138 valence electrons. The minimum atomic E-state index is 0.433. The Kier molecular flexibility index (Phi) is 5.37. The second kappa shape index (κ2) is 7.39. The third kappa shape index (κ3) is 3.13. The highest BCUT2D eigenvalue weighted by atomic mass is 32.2. The molecule has 4 nitrogen and oxygen atoms in total. The summed E-state index contributed by atoms with van der Waals surface area (Å²) in [5, 5.41) is 7.10. The van der Waals surface area contributed by atoms with Crippen molar-refractivity contribution in [1.29, 1.82) is 0 Å². The van der Waals surface area contributed by atoms with Crippen LogP contribution in [-0.4, -0.2) is 26.0 Å². The number of nitrogens with zero attached hydrogens (tertiary/aromatic N) is 4. The zero-order chi connectivity index (χ0) is 19.0. The Morgan fingerprint density at radius 2 is 1.62 bits per heavy atom. The smallest absolute Gasteiger partial charge is 0.168 e. The molecular weight excluding hydrogens is 340 g/mol. The van der Waals surface area contributed by atoms with E-state index in [1.807, 2.05) is 11.6 Å². The molecule has 0 fully saturated rings. The molecule has 26 heavy (non-hydrogen) atoms. The minimum Gasteiger partial charge on any atom is -0.237 e. The van der Waals surface area contributed by atoms with Crippen LogP contribution in [0.1, 0.15) is 60.8 Å². The molecule has 0 aliphatic rings. The van der Waals surface area contributed by atoms with Crippen LogP contribution in [0.25, 0.3) is 16.7 Å². The van der Waals surface area contributed by atoms with Crippen molar-refractivity contribution in [3.05, 3.63) is 40.3 Å². The van der Waals surface area contributed by atoms with Crippen LogP contribution in [0.3, 0.4) is 0 Å². The highest BCUT2D eigenvalue weighted by molar-refractivity contribution is 7.98. The van der Waals surface area contributed by atoms with Crippen LogP contribution in [0.4, 0.5) is 0 Å². The van der Waals surface area contributed by atoms with E-state index in [0.717, 1.165) is 46.1 Å². The van der Waals surface area contributed by atoms with E-state index in [4.69, 9.17) is 15.1 Å². The molecule has 2 heterocycles. The van der Waals surface area contributed by atoms with E-state index in [-0.39, 0.29) is 0 Å². The maximum Gasteiger partial charge on any atom is 0.168 e. The zero-order valence-electron chi connectivity index (χ0n) is 16.8. The summed E-state index contributed by atoms with van der Waals surface area (Å²) in [7, 11) is 0. The SMILES string of the molecule is CCC(CC)c1nc(C)nc2c1c(SC)nn2-c1c(C)cc(C)cc1C. The first kappa shape index (κ1) is 18.9. The Morgan fingerprint density at radius 1 is 1.00 bits per heavy atom. The van der Waals surface area contributed by atoms with Crippen molar-refractivity contribution in [3.63, 3.8) is 0 Å². The van der Waals surface area contributed by atoms with E-state index in [9.17, 15) is 0 Å². The molecule has 0 N–H and O–H groups in total. The van der Waals surface area contributed by atoms with Crippen LogP contribution in [0.2, 0.25) is 0 Å². The topological polar surface area (TPSA) is 43.6 Å². The lowest BCUT2D eigenvalue weighted by molar-refractivity contribution is 0.624. The van der Waals surface area contributed by atoms with Gasteiger partial charge in [0.05, 0.1) is 16.8 Å². The van der Waals surface area contributed by atoms with Crippen LogP contribution in [-0.2, 0) is 0 Å². The molecule has 3 aromatic rings. The quantitative estimate of drug-likeness (QED) is 0.544. The fourth-order valence-corrected chi connectivity index (χ4v) is 4.46. The maximum absolute atomic E-state index is 4.96. The zero-order valence-corrected chi connectivity index (χ0v) is 17.7. The van der Waals surface area contributed by atoms with Crippen LogP contribution < -0.4 is 0 Å². The summed E-state index contributed by atoms with van der Waals surface area (Å²) in [6, 6.07) is 4.43. The molecule has 0 amide bonds. The van der Waals surface area contributed by atoms with Crippen LogP contribution in [0.5, 0.6) is 0 Å². The standard InChI is InChI=1S/C21H28N4S/c1-8-16(9-2)18-17-20(23-15(6)22-18)25(24-21(17)26-7)19-13(4)10-12(3)11-14(19)5/h10-11,16H,8-9H2,1-7H3. The van der Waals surface area contributed by atoms with Crippen molar-refractivity contribution in [2.75, 3.05) is 6.26 Å². The van der Waals surface area contributed by atoms with Crippen LogP contribution >= 0.6 is 11.8 Å². The number of benzene rings is 1. The van der Waals surface area contributed by atoms with Gasteiger partial charge in [-0.3, -0.25) is 0 Å². The Balaban J connectivity index is 2.40. The largest absolute Gasteiger partial charge is 0.237 e. The first-order chi connectivity index (χ1) is 12.4. The average Bonchev–Trinajstić information content (AvgIpc) is 2.93. The highest BCUT2D eigenvalue weighted by Gasteiger charge is 2.23. The first-order valence-corrected chi connectivity index (χ1v) is 10.5. The molecule has 0 saturated heterocycles. The second-order valence-corrected chi connectivity index (χ2v) is 7.83. The van der Waals surface area contributed by atoms with E-state index in [2.05, 4.69) is 53.0 Å². The third-order valence-corrected chi connectivity index (χ3v) is 5.72. The van der Waals surface area contributed by atoms with Crippen molar-refractivity contribution in [2.45, 2.75) is 65.3 Å². The molecule has 0 saturated carbocycles. The van der Waals surface area contributed by atoms with Gasteiger partial charge in [0.1, 0.15) is 10.9 Å². The lowest BCUT2D eigenvalue weighted by atomic mass is 9.97. The molecule has 1 aromatic carbocycles. The van der Waals surface area contributed by atoms with Gasteiger partial charge in [-0.1, -0.05) is 31.5 Å². The van der Waals surface area contributed by atoms with E-state index < -0.39 is 0 Å². The molecule has 5 heteroatoms. The Labute approximate surface area is 160 Å². The summed E-state index contributed by atoms with van der Waals surface area (Å²) < 4.78 is 2.03. The summed E-state index contributed by atoms with van der Waals surface area (Å²) >= 11 is 1.68. The molecule has 0 spiro atoms. The maximum atomic E-state index is 4.96. The molecule has 0 aliphatic carbocycles. The lowest BCUT2D eigenvalue weighted by Gasteiger charge is -2.15. The number of thioether (sulfide) groups is 1. The summed E-state index contributed by atoms with van der Waals surface area (Å²) in [6.07, 6.45) is 4.23. The van der Waals surface area contributed by atoms with Crippen molar-refractivity contribution in [2.24, 2.45) is 0 Å². The van der Waals surface area contributed by atoms with Gasteiger partial charge in [-0.05, 0) is 57.9 Å². The predicted octanol–water partition coefficient (Wildman–Crippen LogP) is 5.67. The van der Waals surface area contributed by atoms with Crippen molar-refractivity contribution in [3.8, 4) is 5.69 Å². The van der Waals surface area contributed by atoms with Crippen molar-refractivity contribution in [1.82, 2.24) is 19.7 Å². The molecule has 0 bridgehead atoms. The highest BCUT2D eigenvalue weighted by Crippen LogP contribution is 2.35. The second-order valence-electron chi connectivity index (χ2n) is 7.04. The number of hydrogen-bond acceptors (Lipinski definition) is 4. The summed E-state index contributed by atoms with van der Waals surface area (Å²) in [6.45, 7) is 12.9. The third-order valence-electron chi connectivity index (χ3n) is 5.05. The number of aromatic nitrogens is 4. The molecule has 3 rings (SSSR count). The van der Waals surface area contributed by atoms with Crippen molar-refractivity contribution < 1.29 is 0 Å². The number of hydrogen-bond donors (Lipinski definition) is 0. The van der Waals surface area contributed by atoms with E-state index in [0.29, 0.717) is 5.92 Å². The first-order valence-electron chi connectivity index (χ1n) is 9.30. The van der Waals surface area contributed by atoms with Gasteiger partial charge in [-0.25, -0.2) is 14.6 Å². The van der Waals surface area contributed by atoms with E-state index in [1.54, 1.807) is 11.8 Å². The number of rotatable bonds is 5. The van der Waals surface area contributed by atoms with Crippen LogP contribution in [0, 0.1) is 27.7 Å². The summed E-state index contributed by atoms with van der Waals surface area (Å²) in [5.41, 5.74) is 6.93. The predicted molar refractivity (Wildman–Crippen MR) is 111 cm³/mol. The van der Waals surface area contributed by atoms with Crippen LogP contribution in [0.15, 0.2) is 17.2 Å². The van der Waals surface area contributed by atoms with Gasteiger partial charge in [-0.15, -0.1) is 11.8 Å². The van der Waals surface area contributed by atoms with Gasteiger partial charge in [0.2, 0.25) is 0 Å². The Bertz CT molecular complexity index is 931. The molecule has 0 aliphatic heterocycles. The monoisotopic (exact) mass is 368 g/mol. The normalized spacial score (nSPS) is 11.7. The molecule has 0 atom stereocenters. The van der Waals surface area contributed by atoms with Gasteiger partial charge < -0.3 is 0 Å². The average molecular weight is 369 g/mol.